The van der Waals surface area contributed by atoms with E-state index < -0.39 is 11.9 Å². The van der Waals surface area contributed by atoms with E-state index in [4.69, 9.17) is 0 Å². The first-order valence-corrected chi connectivity index (χ1v) is 8.04. The molecule has 1 aromatic rings. The van der Waals surface area contributed by atoms with Gasteiger partial charge >= 0.3 is 11.9 Å². The van der Waals surface area contributed by atoms with E-state index in [2.05, 4.69) is 13.8 Å². The number of aromatic carboxylic acids is 2. The Kier molecular flexibility index (Phi) is 5.22. The molecule has 0 spiro atoms. The first-order chi connectivity index (χ1) is 10.4. The maximum absolute atomic E-state index is 11.8. The Morgan fingerprint density at radius 3 is 2.23 bits per heavy atom. The summed E-state index contributed by atoms with van der Waals surface area (Å²) in [7, 11) is 0. The average Bonchev–Trinajstić information content (AvgIpc) is 2.46. The largest absolute Gasteiger partial charge is 0.478 e. The third-order valence-corrected chi connectivity index (χ3v) is 4.42. The fraction of sp³-hybridized carbons (Fsp3) is 0.556. The second kappa shape index (κ2) is 6.95. The van der Waals surface area contributed by atoms with Gasteiger partial charge in [-0.15, -0.1) is 0 Å². The minimum absolute atomic E-state index is 0.0116. The minimum atomic E-state index is -1.16. The van der Waals surface area contributed by atoms with Gasteiger partial charge in [-0.2, -0.15) is 0 Å². The van der Waals surface area contributed by atoms with Crippen LogP contribution in [-0.4, -0.2) is 22.2 Å². The van der Waals surface area contributed by atoms with Gasteiger partial charge in [0.05, 0.1) is 11.1 Å². The molecule has 1 saturated carbocycles. The summed E-state index contributed by atoms with van der Waals surface area (Å²) < 4.78 is 0. The molecular formula is C18H24O4. The molecule has 1 aliphatic carbocycles. The zero-order valence-electron chi connectivity index (χ0n) is 13.3. The fourth-order valence-electron chi connectivity index (χ4n) is 3.55. The van der Waals surface area contributed by atoms with Gasteiger partial charge in [0.25, 0.3) is 0 Å². The summed E-state index contributed by atoms with van der Waals surface area (Å²) in [5.41, 5.74) is 1.71. The lowest BCUT2D eigenvalue weighted by Crippen LogP contribution is -2.18. The number of carboxylic acid groups (broad SMARTS) is 2. The molecule has 0 aliphatic heterocycles. The maximum atomic E-state index is 11.8. The molecule has 4 heteroatoms. The molecule has 22 heavy (non-hydrogen) atoms. The van der Waals surface area contributed by atoms with E-state index >= 15 is 0 Å². The molecule has 2 N–H and O–H groups in total. The first-order valence-electron chi connectivity index (χ1n) is 8.04. The highest BCUT2D eigenvalue weighted by Gasteiger charge is 2.28. The predicted molar refractivity (Wildman–Crippen MR) is 84.7 cm³/mol. The van der Waals surface area contributed by atoms with Crippen molar-refractivity contribution in [3.8, 4) is 0 Å². The SMILES string of the molecule is CC(C)Cc1ccc(C(=O)O)c(C(=O)O)c1C1CCCCC1. The van der Waals surface area contributed by atoms with Crippen LogP contribution >= 0.6 is 0 Å². The normalized spacial score (nSPS) is 16.0. The number of carbonyl (C=O) groups is 2. The van der Waals surface area contributed by atoms with Gasteiger partial charge in [0.1, 0.15) is 0 Å². The van der Waals surface area contributed by atoms with E-state index in [-0.39, 0.29) is 17.0 Å². The highest BCUT2D eigenvalue weighted by atomic mass is 16.4. The first kappa shape index (κ1) is 16.5. The number of hydrogen-bond acceptors (Lipinski definition) is 2. The summed E-state index contributed by atoms with van der Waals surface area (Å²) in [6, 6.07) is 3.27. The Morgan fingerprint density at radius 2 is 1.73 bits per heavy atom. The molecule has 0 atom stereocenters. The highest BCUT2D eigenvalue weighted by Crippen LogP contribution is 2.38. The molecule has 0 amide bonds. The van der Waals surface area contributed by atoms with Crippen LogP contribution in [0.25, 0.3) is 0 Å². The Labute approximate surface area is 131 Å². The number of hydrogen-bond donors (Lipinski definition) is 2. The van der Waals surface area contributed by atoms with Gasteiger partial charge in [0.2, 0.25) is 0 Å². The van der Waals surface area contributed by atoms with Gasteiger partial charge < -0.3 is 10.2 Å². The van der Waals surface area contributed by atoms with Crippen LogP contribution in [0.1, 0.15) is 83.7 Å². The smallest absolute Gasteiger partial charge is 0.336 e. The molecule has 0 bridgehead atoms. The Bertz CT molecular complexity index is 569. The van der Waals surface area contributed by atoms with Crippen LogP contribution in [-0.2, 0) is 6.42 Å². The van der Waals surface area contributed by atoms with Crippen LogP contribution in [0.4, 0.5) is 0 Å². The minimum Gasteiger partial charge on any atom is -0.478 e. The van der Waals surface area contributed by atoms with E-state index in [0.717, 1.165) is 43.2 Å². The van der Waals surface area contributed by atoms with Crippen LogP contribution in [0.5, 0.6) is 0 Å². The van der Waals surface area contributed by atoms with Crippen molar-refractivity contribution in [1.82, 2.24) is 0 Å². The van der Waals surface area contributed by atoms with E-state index in [1.165, 1.54) is 12.5 Å². The zero-order chi connectivity index (χ0) is 16.3. The van der Waals surface area contributed by atoms with E-state index in [0.29, 0.717) is 5.92 Å². The third-order valence-electron chi connectivity index (χ3n) is 4.42. The standard InChI is InChI=1S/C18H24O4/c1-11(2)10-13-8-9-14(17(19)20)16(18(21)22)15(13)12-6-4-3-5-7-12/h8-9,11-12H,3-7,10H2,1-2H3,(H,19,20)(H,21,22). The van der Waals surface area contributed by atoms with Crippen molar-refractivity contribution in [3.63, 3.8) is 0 Å². The summed E-state index contributed by atoms with van der Waals surface area (Å²) in [5, 5.41) is 19.0. The molecule has 0 radical (unpaired) electrons. The molecule has 0 heterocycles. The summed E-state index contributed by atoms with van der Waals surface area (Å²) in [4.78, 5) is 23.2. The van der Waals surface area contributed by atoms with Crippen LogP contribution in [0.15, 0.2) is 12.1 Å². The van der Waals surface area contributed by atoms with Crippen LogP contribution < -0.4 is 0 Å². The van der Waals surface area contributed by atoms with Crippen molar-refractivity contribution >= 4 is 11.9 Å². The van der Waals surface area contributed by atoms with Crippen molar-refractivity contribution in [3.05, 3.63) is 34.4 Å². The molecule has 0 unspecified atom stereocenters. The van der Waals surface area contributed by atoms with E-state index in [1.54, 1.807) is 0 Å². The summed E-state index contributed by atoms with van der Waals surface area (Å²) in [5.74, 6) is -1.71. The molecule has 2 rings (SSSR count). The zero-order valence-corrected chi connectivity index (χ0v) is 13.3. The van der Waals surface area contributed by atoms with Crippen molar-refractivity contribution in [1.29, 1.82) is 0 Å². The molecular weight excluding hydrogens is 280 g/mol. The second-order valence-electron chi connectivity index (χ2n) is 6.60. The Morgan fingerprint density at radius 1 is 1.09 bits per heavy atom. The molecule has 1 aromatic carbocycles. The number of benzene rings is 1. The van der Waals surface area contributed by atoms with Crippen LogP contribution in [0.2, 0.25) is 0 Å². The predicted octanol–water partition coefficient (Wildman–Crippen LogP) is 4.33. The number of rotatable bonds is 5. The van der Waals surface area contributed by atoms with Gasteiger partial charge in [-0.25, -0.2) is 9.59 Å². The Hall–Kier alpha value is -1.84. The fourth-order valence-corrected chi connectivity index (χ4v) is 3.55. The second-order valence-corrected chi connectivity index (χ2v) is 6.60. The van der Waals surface area contributed by atoms with Crippen LogP contribution in [0, 0.1) is 5.92 Å². The molecule has 1 fully saturated rings. The van der Waals surface area contributed by atoms with Crippen molar-refractivity contribution in [2.75, 3.05) is 0 Å². The molecule has 1 aliphatic rings. The molecule has 4 nitrogen and oxygen atoms in total. The third kappa shape index (κ3) is 3.49. The van der Waals surface area contributed by atoms with Crippen molar-refractivity contribution < 1.29 is 19.8 Å². The summed E-state index contributed by atoms with van der Waals surface area (Å²) in [6.07, 6.45) is 6.04. The van der Waals surface area contributed by atoms with Gasteiger partial charge in [-0.05, 0) is 48.3 Å². The van der Waals surface area contributed by atoms with Crippen molar-refractivity contribution in [2.45, 2.75) is 58.3 Å². The van der Waals surface area contributed by atoms with Gasteiger partial charge in [-0.1, -0.05) is 39.2 Å². The van der Waals surface area contributed by atoms with Gasteiger partial charge in [-0.3, -0.25) is 0 Å². The summed E-state index contributed by atoms with van der Waals surface area (Å²) >= 11 is 0. The lowest BCUT2D eigenvalue weighted by atomic mass is 9.77. The molecule has 120 valence electrons. The summed E-state index contributed by atoms with van der Waals surface area (Å²) in [6.45, 7) is 4.19. The van der Waals surface area contributed by atoms with Crippen LogP contribution in [0.3, 0.4) is 0 Å². The quantitative estimate of drug-likeness (QED) is 0.849. The topological polar surface area (TPSA) is 74.6 Å². The van der Waals surface area contributed by atoms with Gasteiger partial charge in [0.15, 0.2) is 0 Å². The number of carboxylic acids is 2. The molecule has 0 saturated heterocycles. The Balaban J connectivity index is 2.62. The van der Waals surface area contributed by atoms with E-state index in [1.807, 2.05) is 6.07 Å². The van der Waals surface area contributed by atoms with Gasteiger partial charge in [0, 0.05) is 0 Å². The lowest BCUT2D eigenvalue weighted by Gasteiger charge is -2.27. The average molecular weight is 304 g/mol. The maximum Gasteiger partial charge on any atom is 0.336 e. The lowest BCUT2D eigenvalue weighted by molar-refractivity contribution is 0.0649. The van der Waals surface area contributed by atoms with Crippen molar-refractivity contribution in [2.24, 2.45) is 5.92 Å². The van der Waals surface area contributed by atoms with E-state index in [9.17, 15) is 19.8 Å². The monoisotopic (exact) mass is 304 g/mol. The highest BCUT2D eigenvalue weighted by molar-refractivity contribution is 6.03. The molecule has 0 aromatic heterocycles.